The zero-order chi connectivity index (χ0) is 22.9. The molecule has 4 aromatic rings. The normalized spacial score (nSPS) is 11.5. The van der Waals surface area contributed by atoms with E-state index in [0.29, 0.717) is 33.3 Å². The van der Waals surface area contributed by atoms with Crippen LogP contribution in [0.3, 0.4) is 0 Å². The van der Waals surface area contributed by atoms with E-state index >= 15 is 0 Å². The van der Waals surface area contributed by atoms with Crippen molar-refractivity contribution in [3.05, 3.63) is 78.5 Å². The number of anilines is 1. The van der Waals surface area contributed by atoms with Gasteiger partial charge in [0, 0.05) is 21.9 Å². The monoisotopic (exact) mass is 470 g/mol. The number of aromatic nitrogens is 1. The van der Waals surface area contributed by atoms with Gasteiger partial charge in [0.15, 0.2) is 5.78 Å². The molecule has 33 heavy (non-hydrogen) atoms. The fourth-order valence-corrected chi connectivity index (χ4v) is 4.09. The molecular formula is C23H19N4NaO4S. The molecule has 0 spiro atoms. The molecule has 0 saturated carbocycles. The topological polar surface area (TPSA) is 135 Å². The van der Waals surface area contributed by atoms with Crippen molar-refractivity contribution in [2.75, 3.05) is 5.73 Å². The molecule has 0 aliphatic carbocycles. The van der Waals surface area contributed by atoms with Gasteiger partial charge in [-0.15, -0.1) is 10.2 Å². The number of pyridine rings is 1. The average Bonchev–Trinajstić information content (AvgIpc) is 2.78. The van der Waals surface area contributed by atoms with E-state index in [1.807, 2.05) is 12.1 Å². The number of nitrogens with two attached hydrogens (primary N) is 1. The van der Waals surface area contributed by atoms with Crippen LogP contribution in [0.5, 0.6) is 0 Å². The number of ketones is 1. The molecule has 162 valence electrons. The summed E-state index contributed by atoms with van der Waals surface area (Å²) in [6.45, 7) is 1.50. The Kier molecular flexibility index (Phi) is 7.41. The summed E-state index contributed by atoms with van der Waals surface area (Å²) in [6.07, 6.45) is 1.48. The zero-order valence-electron chi connectivity index (χ0n) is 16.9. The van der Waals surface area contributed by atoms with Crippen LogP contribution in [-0.2, 0) is 10.1 Å². The van der Waals surface area contributed by atoms with E-state index in [4.69, 9.17) is 5.73 Å². The Morgan fingerprint density at radius 1 is 0.970 bits per heavy atom. The number of fused-ring (bicyclic) bond motifs is 1. The molecule has 8 nitrogen and oxygen atoms in total. The summed E-state index contributed by atoms with van der Waals surface area (Å²) in [4.78, 5) is 15.9. The van der Waals surface area contributed by atoms with Crippen LogP contribution in [0.1, 0.15) is 17.3 Å². The Bertz CT molecular complexity index is 1490. The van der Waals surface area contributed by atoms with Crippen LogP contribution in [0.2, 0.25) is 0 Å². The molecule has 0 atom stereocenters. The molecular weight excluding hydrogens is 451 g/mol. The van der Waals surface area contributed by atoms with E-state index in [0.717, 1.165) is 0 Å². The Morgan fingerprint density at radius 2 is 1.64 bits per heavy atom. The van der Waals surface area contributed by atoms with Gasteiger partial charge in [0.2, 0.25) is 0 Å². The number of hydrogen-bond acceptors (Lipinski definition) is 7. The molecule has 0 saturated heterocycles. The molecule has 0 aliphatic rings. The van der Waals surface area contributed by atoms with Gasteiger partial charge >= 0.3 is 29.6 Å². The summed E-state index contributed by atoms with van der Waals surface area (Å²) >= 11 is 0. The van der Waals surface area contributed by atoms with E-state index in [-0.39, 0.29) is 51.6 Å². The van der Waals surface area contributed by atoms with E-state index in [2.05, 4.69) is 15.2 Å². The maximum absolute atomic E-state index is 11.9. The maximum atomic E-state index is 11.9. The molecule has 0 unspecified atom stereocenters. The molecule has 1 aromatic heterocycles. The van der Waals surface area contributed by atoms with Crippen LogP contribution in [0, 0.1) is 0 Å². The first-order valence-electron chi connectivity index (χ1n) is 9.52. The Hall–Kier alpha value is -2.95. The standard InChI is InChI=1S/C23H18N4O4S.Na.H/c1-14(28)16-6-2-3-7-17(16)20-11-10-15(13-25-20)26-27-21-12-22(32(29,30)31)18-8-4-5-9-19(18)23(21)24;;/h2-13H,24H2,1H3,(H,29,30,31);;. The molecule has 3 aromatic carbocycles. The first-order chi connectivity index (χ1) is 15.3. The Morgan fingerprint density at radius 3 is 2.27 bits per heavy atom. The Labute approximate surface area is 212 Å². The summed E-state index contributed by atoms with van der Waals surface area (Å²) in [5.74, 6) is -0.0624. The van der Waals surface area contributed by atoms with Gasteiger partial charge in [-0.2, -0.15) is 8.42 Å². The summed E-state index contributed by atoms with van der Waals surface area (Å²) in [7, 11) is -4.50. The van der Waals surface area contributed by atoms with Crippen molar-refractivity contribution in [3.63, 3.8) is 0 Å². The van der Waals surface area contributed by atoms with E-state index in [1.165, 1.54) is 19.2 Å². The first-order valence-corrected chi connectivity index (χ1v) is 11.0. The van der Waals surface area contributed by atoms with Gasteiger partial charge in [0.25, 0.3) is 10.1 Å². The number of azo groups is 1. The van der Waals surface area contributed by atoms with Crippen molar-refractivity contribution in [3.8, 4) is 11.3 Å². The molecule has 10 heteroatoms. The number of rotatable bonds is 5. The third-order valence-corrected chi connectivity index (χ3v) is 5.80. The first kappa shape index (κ1) is 24.7. The molecule has 0 amide bonds. The number of Topliss-reactive ketones (excluding diaryl/α,β-unsaturated/α-hetero) is 1. The third kappa shape index (κ3) is 5.18. The molecule has 4 rings (SSSR count). The van der Waals surface area contributed by atoms with Crippen molar-refractivity contribution in [2.45, 2.75) is 11.8 Å². The number of carbonyl (C=O) groups excluding carboxylic acids is 1. The quantitative estimate of drug-likeness (QED) is 0.143. The van der Waals surface area contributed by atoms with Crippen molar-refractivity contribution in [2.24, 2.45) is 10.2 Å². The predicted molar refractivity (Wildman–Crippen MR) is 129 cm³/mol. The number of hydrogen-bond donors (Lipinski definition) is 2. The average molecular weight is 470 g/mol. The van der Waals surface area contributed by atoms with Gasteiger partial charge in [0.05, 0.1) is 17.6 Å². The molecule has 0 fully saturated rings. The number of carbonyl (C=O) groups is 1. The van der Waals surface area contributed by atoms with E-state index in [9.17, 15) is 17.8 Å². The molecule has 1 heterocycles. The van der Waals surface area contributed by atoms with Crippen molar-refractivity contribution in [1.29, 1.82) is 0 Å². The van der Waals surface area contributed by atoms with Crippen molar-refractivity contribution >= 4 is 73.3 Å². The minimum atomic E-state index is -4.50. The zero-order valence-corrected chi connectivity index (χ0v) is 17.7. The second-order valence-corrected chi connectivity index (χ2v) is 8.42. The fourth-order valence-electron chi connectivity index (χ4n) is 3.38. The van der Waals surface area contributed by atoms with Gasteiger partial charge in [-0.05, 0) is 25.1 Å². The van der Waals surface area contributed by atoms with E-state index in [1.54, 1.807) is 48.5 Å². The second-order valence-electron chi connectivity index (χ2n) is 7.03. The number of nitrogens with zero attached hydrogens (tertiary/aromatic N) is 3. The van der Waals surface area contributed by atoms with Crippen LogP contribution in [0.15, 0.2) is 88.1 Å². The van der Waals surface area contributed by atoms with Crippen LogP contribution < -0.4 is 5.73 Å². The molecule has 3 N–H and O–H groups in total. The van der Waals surface area contributed by atoms with Crippen molar-refractivity contribution in [1.82, 2.24) is 4.98 Å². The van der Waals surface area contributed by atoms with Gasteiger partial charge in [0.1, 0.15) is 16.3 Å². The Balaban J connectivity index is 0.00000306. The number of benzene rings is 3. The SMILES string of the molecule is CC(=O)c1ccccc1-c1ccc(N=Nc2cc(S(=O)(=O)O)c3ccccc3c2N)cn1.[NaH]. The summed E-state index contributed by atoms with van der Waals surface area (Å²) < 4.78 is 33.3. The van der Waals surface area contributed by atoms with Gasteiger partial charge in [-0.25, -0.2) is 0 Å². The van der Waals surface area contributed by atoms with Gasteiger partial charge in [-0.3, -0.25) is 14.3 Å². The molecule has 0 radical (unpaired) electrons. The summed E-state index contributed by atoms with van der Waals surface area (Å²) in [5.41, 5.74) is 8.77. The number of nitrogen functional groups attached to an aromatic ring is 1. The van der Waals surface area contributed by atoms with Gasteiger partial charge < -0.3 is 5.73 Å². The van der Waals surface area contributed by atoms with Crippen LogP contribution in [-0.4, -0.2) is 53.3 Å². The third-order valence-electron chi connectivity index (χ3n) is 4.91. The van der Waals surface area contributed by atoms with Crippen molar-refractivity contribution < 1.29 is 17.8 Å². The van der Waals surface area contributed by atoms with Crippen LogP contribution in [0.4, 0.5) is 17.1 Å². The predicted octanol–water partition coefficient (Wildman–Crippen LogP) is 4.70. The second kappa shape index (κ2) is 9.90. The van der Waals surface area contributed by atoms with Gasteiger partial charge in [-0.1, -0.05) is 48.5 Å². The fraction of sp³-hybridized carbons (Fsp3) is 0.0435. The van der Waals surface area contributed by atoms with Crippen LogP contribution in [0.25, 0.3) is 22.0 Å². The summed E-state index contributed by atoms with van der Waals surface area (Å²) in [5, 5.41) is 8.91. The van der Waals surface area contributed by atoms with Crippen LogP contribution >= 0.6 is 0 Å². The summed E-state index contributed by atoms with van der Waals surface area (Å²) in [6, 6.07) is 18.3. The molecule has 0 bridgehead atoms. The minimum absolute atomic E-state index is 0. The van der Waals surface area contributed by atoms with E-state index < -0.39 is 10.1 Å². The molecule has 0 aliphatic heterocycles.